The summed E-state index contributed by atoms with van der Waals surface area (Å²) >= 11 is 0. The molecule has 27 nitrogen and oxygen atoms in total. The Hall–Kier alpha value is -6.32. The highest BCUT2D eigenvalue weighted by Gasteiger charge is 2.45. The van der Waals surface area contributed by atoms with Crippen molar-refractivity contribution in [1.29, 1.82) is 0 Å². The molecule has 2 fully saturated rings. The van der Waals surface area contributed by atoms with E-state index in [1.165, 1.54) is 80.6 Å². The first kappa shape index (κ1) is 90.8. The monoisotopic (exact) mass is 1430 g/mol. The Morgan fingerprint density at radius 3 is 1.58 bits per heavy atom. The summed E-state index contributed by atoms with van der Waals surface area (Å²) in [6, 6.07) is -11.6. The lowest BCUT2D eigenvalue weighted by Gasteiger charge is -2.40. The van der Waals surface area contributed by atoms with Gasteiger partial charge < -0.3 is 69.4 Å². The van der Waals surface area contributed by atoms with Gasteiger partial charge in [0.2, 0.25) is 53.2 Å². The van der Waals surface area contributed by atoms with Gasteiger partial charge >= 0.3 is 6.16 Å². The molecule has 2 rings (SSSR count). The number of morpholine rings is 1. The van der Waals surface area contributed by atoms with Crippen LogP contribution >= 0.6 is 0 Å². The van der Waals surface area contributed by atoms with E-state index in [9.17, 15) is 29.1 Å². The van der Waals surface area contributed by atoms with Crippen LogP contribution in [0.2, 0.25) is 0 Å². The first-order valence-electron chi connectivity index (χ1n) is 37.1. The van der Waals surface area contributed by atoms with Crippen molar-refractivity contribution in [3.8, 4) is 0 Å². The molecule has 0 radical (unpaired) electrons. The second-order valence-corrected chi connectivity index (χ2v) is 30.3. The lowest BCUT2D eigenvalue weighted by molar-refractivity contribution is -0.154. The van der Waals surface area contributed by atoms with Crippen LogP contribution < -0.4 is 16.0 Å². The third-order valence-corrected chi connectivity index (χ3v) is 19.9. The first-order chi connectivity index (χ1) is 47.2. The fraction of sp³-hybridized carbons (Fsp3) is 0.838. The molecule has 0 aromatic heterocycles. The van der Waals surface area contributed by atoms with Gasteiger partial charge in [0.25, 0.3) is 0 Å². The number of Topliss-reactive ketones (excluding diaryl/α,β-unsaturated/α-hetero) is 2. The number of nitrogens with zero attached hydrogens (tertiary/aromatic N) is 7. The molecular weight excluding hydrogens is 1300 g/mol. The van der Waals surface area contributed by atoms with Crippen molar-refractivity contribution in [2.45, 2.75) is 261 Å². The number of rotatable bonds is 25. The summed E-state index contributed by atoms with van der Waals surface area (Å²) in [5.41, 5.74) is 0. The Labute approximate surface area is 604 Å². The smallest absolute Gasteiger partial charge is 0.435 e. The first-order valence-corrected chi connectivity index (χ1v) is 37.1. The van der Waals surface area contributed by atoms with Crippen LogP contribution in [0.3, 0.4) is 0 Å². The van der Waals surface area contributed by atoms with Crippen molar-refractivity contribution in [3.63, 3.8) is 0 Å². The Balaban J connectivity index is 2.97. The average molecular weight is 1430 g/mol. The highest BCUT2D eigenvalue weighted by atomic mass is 16.7. The van der Waals surface area contributed by atoms with Crippen LogP contribution in [0.4, 0.5) is 4.79 Å². The predicted molar refractivity (Wildman–Crippen MR) is 385 cm³/mol. The fourth-order valence-electron chi connectivity index (χ4n) is 13.3. The maximum absolute atomic E-state index is 15.2. The largest absolute Gasteiger partial charge is 0.508 e. The van der Waals surface area contributed by atoms with E-state index in [0.717, 1.165) is 31.0 Å². The number of hydrogen-bond acceptors (Lipinski definition) is 18. The van der Waals surface area contributed by atoms with Crippen molar-refractivity contribution in [3.05, 3.63) is 0 Å². The Morgan fingerprint density at radius 1 is 0.525 bits per heavy atom. The zero-order valence-electron chi connectivity index (χ0n) is 65.7. The van der Waals surface area contributed by atoms with Crippen molar-refractivity contribution in [1.82, 2.24) is 50.2 Å². The summed E-state index contributed by atoms with van der Waals surface area (Å²) in [4.78, 5) is 185. The number of likely N-dealkylation sites (N-methyl/N-ethyl adjacent to an activating group) is 6. The number of hydrogen-bond donors (Lipinski definition) is 4. The summed E-state index contributed by atoms with van der Waals surface area (Å²) in [5.74, 6) is -11.4. The normalized spacial score (nSPS) is 26.5. The molecule has 0 aliphatic carbocycles. The van der Waals surface area contributed by atoms with Gasteiger partial charge in [-0.1, -0.05) is 103 Å². The molecule has 2 heterocycles. The minimum absolute atomic E-state index is 0.0313. The number of ether oxygens (including phenoxy) is 4. The van der Waals surface area contributed by atoms with Crippen molar-refractivity contribution in [2.75, 3.05) is 95.0 Å². The molecule has 101 heavy (non-hydrogen) atoms. The third-order valence-electron chi connectivity index (χ3n) is 19.9. The summed E-state index contributed by atoms with van der Waals surface area (Å²) < 4.78 is 21.9. The van der Waals surface area contributed by atoms with Gasteiger partial charge in [0.05, 0.1) is 44.7 Å². The molecule has 0 saturated carbocycles. The van der Waals surface area contributed by atoms with E-state index in [2.05, 4.69) is 20.9 Å². The molecule has 27 heteroatoms. The molecule has 2 aliphatic rings. The zero-order chi connectivity index (χ0) is 77.0. The number of unbranched alkanes of at least 4 members (excludes halogenated alkanes) is 3. The molecule has 0 unspecified atom stereocenters. The Morgan fingerprint density at radius 2 is 1.05 bits per heavy atom. The van der Waals surface area contributed by atoms with Crippen LogP contribution in [0.15, 0.2) is 0 Å². The lowest BCUT2D eigenvalue weighted by atomic mass is 9.85. The van der Waals surface area contributed by atoms with E-state index in [1.807, 2.05) is 41.5 Å². The van der Waals surface area contributed by atoms with E-state index in [4.69, 9.17) is 18.9 Å². The van der Waals surface area contributed by atoms with Crippen LogP contribution in [0.1, 0.15) is 195 Å². The highest BCUT2D eigenvalue weighted by Crippen LogP contribution is 2.28. The zero-order valence-corrected chi connectivity index (χ0v) is 65.7. The number of ketones is 2. The minimum atomic E-state index is -1.74. The topological polar surface area (TPSA) is 321 Å². The highest BCUT2D eigenvalue weighted by molar-refractivity contribution is 6.00. The van der Waals surface area contributed by atoms with Gasteiger partial charge in [0.1, 0.15) is 48.3 Å². The number of carbonyl (C=O) groups excluding carboxylic acids is 12. The van der Waals surface area contributed by atoms with Gasteiger partial charge in [0, 0.05) is 86.7 Å². The molecule has 2 aliphatic heterocycles. The van der Waals surface area contributed by atoms with E-state index >= 15 is 33.6 Å². The molecule has 9 amide bonds. The van der Waals surface area contributed by atoms with Gasteiger partial charge in [-0.3, -0.25) is 57.6 Å². The molecule has 0 aromatic carbocycles. The second kappa shape index (κ2) is 44.4. The van der Waals surface area contributed by atoms with E-state index < -0.39 is 167 Å². The fourth-order valence-corrected chi connectivity index (χ4v) is 13.3. The molecule has 2 saturated heterocycles. The number of carbonyl (C=O) groups is 12. The molecule has 4 N–H and O–H groups in total. The number of amides is 9. The van der Waals surface area contributed by atoms with Crippen molar-refractivity contribution in [2.24, 2.45) is 47.3 Å². The van der Waals surface area contributed by atoms with Crippen LogP contribution in [0.25, 0.3) is 0 Å². The van der Waals surface area contributed by atoms with Crippen molar-refractivity contribution >= 4 is 70.9 Å². The summed E-state index contributed by atoms with van der Waals surface area (Å²) in [5, 5.41) is 20.6. The summed E-state index contributed by atoms with van der Waals surface area (Å²) in [7, 11) is 8.64. The van der Waals surface area contributed by atoms with E-state index in [-0.39, 0.29) is 76.1 Å². The van der Waals surface area contributed by atoms with Gasteiger partial charge in [-0.25, -0.2) is 4.79 Å². The van der Waals surface area contributed by atoms with Gasteiger partial charge in [-0.05, 0) is 121 Å². The molecule has 580 valence electrons. The Bertz CT molecular complexity index is 2690. The number of nitrogens with one attached hydrogen (secondary N) is 3. The molecule has 0 aromatic rings. The SMILES string of the molecule is CCOC(=O)OCCCCC[C@@H](C)[C@@H](O)[C@@H]1NC(=O)[C@H](C(C)C)N(C)C(=O)[C@H](CC(C)C)N(C)C(=O)[C@H](CC(C)C)N(C)C(=O)[C@@H](C)NC(=O)[C@H](C)CC(=O)[C@H](CC(C)C)N(C)C(=O)[C@H](C(C)C)CC(=O)[C@H]([C@@H](C)OCCCCN2CCOCC2)N(C)C(=O)[C@@H](C)N(C)C(=O)[C@H](CC)NC1=O. The molecule has 14 atom stereocenters. The quantitative estimate of drug-likeness (QED) is 0.0626. The summed E-state index contributed by atoms with van der Waals surface area (Å²) in [6.45, 7) is 33.6. The molecular formula is C74H132N10O17. The van der Waals surface area contributed by atoms with E-state index in [0.29, 0.717) is 45.3 Å². The average Bonchev–Trinajstić information content (AvgIpc) is 0.824. The van der Waals surface area contributed by atoms with Crippen LogP contribution in [0.5, 0.6) is 0 Å². The molecule has 0 spiro atoms. The van der Waals surface area contributed by atoms with Crippen molar-refractivity contribution < 1.29 is 81.6 Å². The lowest BCUT2D eigenvalue weighted by Crippen LogP contribution is -2.63. The summed E-state index contributed by atoms with van der Waals surface area (Å²) in [6.07, 6.45) is -0.317. The third kappa shape index (κ3) is 28.0. The van der Waals surface area contributed by atoms with E-state index in [1.54, 1.807) is 62.3 Å². The molecule has 0 bridgehead atoms. The standard InChI is InChI=1S/C74H132N10O17/c1-24-55-71(94)78(18)52(16)69(92)83(23)63(53(17)100-35-30-28-32-84-33-37-98-38-34-84)60(86)43-54(47(9)10)70(93)79(19)56(39-44(3)4)59(85)42-50(14)65(88)75-51(15)68(91)80(20)57(40-45(5)6)72(95)81(21)58(41-46(7)8)73(96)82(22)62(48(11)12)67(90)77-61(66(89)76-55)64(87)49(13)31-27-26-29-36-101-74(97)99-25-2/h44-58,61-64,87H,24-43H2,1-23H3,(H,75,88)(H,76,89)(H,77,90)/t49-,50-,51-,52-,53-,54+,55+,56+,57+,58+,61+,62+,63+,64-/m1/s1. The van der Waals surface area contributed by atoms with Gasteiger partial charge in [0.15, 0.2) is 11.6 Å². The second-order valence-electron chi connectivity index (χ2n) is 30.3. The van der Waals surface area contributed by atoms with Gasteiger partial charge in [-0.15, -0.1) is 0 Å². The Kier molecular flexibility index (Phi) is 39.9. The number of aliphatic hydroxyl groups is 1. The van der Waals surface area contributed by atoms with Gasteiger partial charge in [-0.2, -0.15) is 0 Å². The maximum atomic E-state index is 15.2. The maximum Gasteiger partial charge on any atom is 0.508 e. The predicted octanol–water partition coefficient (Wildman–Crippen LogP) is 5.74. The minimum Gasteiger partial charge on any atom is -0.435 e. The van der Waals surface area contributed by atoms with Crippen LogP contribution in [-0.2, 0) is 71.7 Å². The van der Waals surface area contributed by atoms with Crippen LogP contribution in [-0.4, -0.2) is 272 Å². The van der Waals surface area contributed by atoms with Crippen LogP contribution in [0, 0.1) is 47.3 Å². The number of aliphatic hydroxyl groups excluding tert-OH is 1.